The lowest BCUT2D eigenvalue weighted by molar-refractivity contribution is -0.0248. The molecule has 0 radical (unpaired) electrons. The Kier molecular flexibility index (Phi) is 6.28. The van der Waals surface area contributed by atoms with Crippen LogP contribution >= 0.6 is 0 Å². The third-order valence-corrected chi connectivity index (χ3v) is 5.02. The van der Waals surface area contributed by atoms with E-state index < -0.39 is 0 Å². The van der Waals surface area contributed by atoms with Crippen LogP contribution in [0.3, 0.4) is 0 Å². The number of methoxy groups -OCH3 is 2. The molecule has 1 saturated heterocycles. The summed E-state index contributed by atoms with van der Waals surface area (Å²) in [6, 6.07) is 16.6. The first-order valence-electron chi connectivity index (χ1n) is 9.96. The van der Waals surface area contributed by atoms with E-state index in [2.05, 4.69) is 15.3 Å². The van der Waals surface area contributed by atoms with Crippen molar-refractivity contribution in [3.05, 3.63) is 72.1 Å². The summed E-state index contributed by atoms with van der Waals surface area (Å²) in [7, 11) is 3.08. The fourth-order valence-electron chi connectivity index (χ4n) is 3.50. The molecule has 3 aromatic rings. The zero-order valence-electron chi connectivity index (χ0n) is 17.4. The van der Waals surface area contributed by atoms with Crippen LogP contribution in [-0.2, 0) is 4.74 Å². The fraction of sp³-hybridized carbons (Fsp3) is 0.261. The van der Waals surface area contributed by atoms with E-state index in [1.807, 2.05) is 36.4 Å². The van der Waals surface area contributed by atoms with Gasteiger partial charge in [0, 0.05) is 12.7 Å². The second-order valence-corrected chi connectivity index (χ2v) is 6.94. The number of nitrogens with zero attached hydrogens (tertiary/aromatic N) is 3. The Bertz CT molecular complexity index is 1020. The number of anilines is 2. The van der Waals surface area contributed by atoms with Crippen molar-refractivity contribution in [1.29, 1.82) is 0 Å². The average Bonchev–Trinajstić information content (AvgIpc) is 2.84. The van der Waals surface area contributed by atoms with E-state index in [0.717, 1.165) is 5.69 Å². The topological polar surface area (TPSA) is 85.8 Å². The number of hydrogen-bond acceptors (Lipinski definition) is 7. The second-order valence-electron chi connectivity index (χ2n) is 6.94. The number of rotatable bonds is 6. The van der Waals surface area contributed by atoms with Gasteiger partial charge in [-0.15, -0.1) is 0 Å². The number of ether oxygens (including phenoxy) is 3. The van der Waals surface area contributed by atoms with Crippen molar-refractivity contribution in [2.24, 2.45) is 0 Å². The Hall–Kier alpha value is -3.65. The van der Waals surface area contributed by atoms with Gasteiger partial charge in [0.1, 0.15) is 34.8 Å². The van der Waals surface area contributed by atoms with E-state index in [9.17, 15) is 4.79 Å². The molecular weight excluding hydrogens is 396 g/mol. The lowest BCUT2D eigenvalue weighted by Gasteiger charge is -2.33. The average molecular weight is 420 g/mol. The predicted molar refractivity (Wildman–Crippen MR) is 116 cm³/mol. The molecule has 8 nitrogen and oxygen atoms in total. The highest BCUT2D eigenvalue weighted by molar-refractivity contribution is 5.99. The maximum atomic E-state index is 13.3. The van der Waals surface area contributed by atoms with Crippen molar-refractivity contribution in [1.82, 2.24) is 14.9 Å². The summed E-state index contributed by atoms with van der Waals surface area (Å²) in [6.45, 7) is 1.26. The highest BCUT2D eigenvalue weighted by Crippen LogP contribution is 2.31. The highest BCUT2D eigenvalue weighted by Gasteiger charge is 2.30. The lowest BCUT2D eigenvalue weighted by atomic mass is 10.1. The second kappa shape index (κ2) is 9.44. The normalized spacial score (nSPS) is 15.9. The quantitative estimate of drug-likeness (QED) is 0.654. The van der Waals surface area contributed by atoms with Gasteiger partial charge in [-0.25, -0.2) is 9.97 Å². The van der Waals surface area contributed by atoms with Gasteiger partial charge in [-0.1, -0.05) is 18.2 Å². The molecule has 8 heteroatoms. The van der Waals surface area contributed by atoms with Crippen molar-refractivity contribution >= 4 is 17.5 Å². The van der Waals surface area contributed by atoms with Crippen molar-refractivity contribution < 1.29 is 19.0 Å². The molecule has 1 aromatic carbocycles. The molecule has 1 unspecified atom stereocenters. The van der Waals surface area contributed by atoms with Crippen LogP contribution in [-0.4, -0.2) is 54.7 Å². The molecule has 1 aliphatic rings. The molecular formula is C23H24N4O4. The van der Waals surface area contributed by atoms with Crippen LogP contribution in [0.5, 0.6) is 11.5 Å². The number of amides is 1. The first kappa shape index (κ1) is 20.6. The molecule has 1 aliphatic heterocycles. The molecule has 2 aromatic heterocycles. The third kappa shape index (κ3) is 4.59. The molecule has 3 heterocycles. The zero-order chi connectivity index (χ0) is 21.6. The number of hydrogen-bond donors (Lipinski definition) is 1. The fourth-order valence-corrected chi connectivity index (χ4v) is 3.50. The number of carbonyl (C=O) groups excluding carboxylic acids is 1. The molecule has 1 amide bonds. The van der Waals surface area contributed by atoms with Crippen LogP contribution < -0.4 is 14.8 Å². The van der Waals surface area contributed by atoms with Crippen LogP contribution in [0.25, 0.3) is 0 Å². The highest BCUT2D eigenvalue weighted by atomic mass is 16.5. The van der Waals surface area contributed by atoms with Gasteiger partial charge >= 0.3 is 0 Å². The largest absolute Gasteiger partial charge is 0.496 e. The van der Waals surface area contributed by atoms with E-state index >= 15 is 0 Å². The van der Waals surface area contributed by atoms with Crippen LogP contribution in [0, 0.1) is 0 Å². The van der Waals surface area contributed by atoms with E-state index in [-0.39, 0.29) is 12.0 Å². The number of morpholine rings is 1. The molecule has 0 bridgehead atoms. The SMILES string of the molecule is COc1cccc(OC)c1C(=O)N1CCOC(c2cccc(Nc3ccccn3)n2)C1. The molecule has 31 heavy (non-hydrogen) atoms. The number of aromatic nitrogens is 2. The molecule has 0 saturated carbocycles. The van der Waals surface area contributed by atoms with Gasteiger partial charge in [0.15, 0.2) is 0 Å². The van der Waals surface area contributed by atoms with Gasteiger partial charge in [-0.05, 0) is 36.4 Å². The molecule has 4 rings (SSSR count). The summed E-state index contributed by atoms with van der Waals surface area (Å²) in [6.07, 6.45) is 1.37. The monoisotopic (exact) mass is 420 g/mol. The number of benzene rings is 1. The molecule has 160 valence electrons. The first-order chi connectivity index (χ1) is 15.2. The molecule has 0 spiro atoms. The van der Waals surface area contributed by atoms with Gasteiger partial charge in [0.05, 0.1) is 33.1 Å². The minimum absolute atomic E-state index is 0.162. The van der Waals surface area contributed by atoms with Gasteiger partial charge < -0.3 is 24.4 Å². The minimum Gasteiger partial charge on any atom is -0.496 e. The third-order valence-electron chi connectivity index (χ3n) is 5.02. The summed E-state index contributed by atoms with van der Waals surface area (Å²) < 4.78 is 16.7. The number of carbonyl (C=O) groups is 1. The van der Waals surface area contributed by atoms with Crippen LogP contribution in [0.2, 0.25) is 0 Å². The summed E-state index contributed by atoms with van der Waals surface area (Å²) in [5, 5.41) is 3.18. The van der Waals surface area contributed by atoms with Gasteiger partial charge in [0.2, 0.25) is 0 Å². The van der Waals surface area contributed by atoms with Crippen LogP contribution in [0.4, 0.5) is 11.6 Å². The summed E-state index contributed by atoms with van der Waals surface area (Å²) in [4.78, 5) is 24.0. The van der Waals surface area contributed by atoms with Crippen LogP contribution in [0.1, 0.15) is 22.2 Å². The maximum absolute atomic E-state index is 13.3. The van der Waals surface area contributed by atoms with Crippen LogP contribution in [0.15, 0.2) is 60.8 Å². The van der Waals surface area contributed by atoms with Gasteiger partial charge in [0.25, 0.3) is 5.91 Å². The van der Waals surface area contributed by atoms with E-state index in [1.54, 1.807) is 29.3 Å². The molecule has 1 N–H and O–H groups in total. The maximum Gasteiger partial charge on any atom is 0.261 e. The number of pyridine rings is 2. The lowest BCUT2D eigenvalue weighted by Crippen LogP contribution is -2.42. The standard InChI is InChI=1S/C23H24N4O4/c1-29-17-8-6-9-18(30-2)22(17)23(28)27-13-14-31-19(15-27)16-7-5-11-21(25-16)26-20-10-3-4-12-24-20/h3-12,19H,13-15H2,1-2H3,(H,24,25,26). The van der Waals surface area contributed by atoms with Crippen molar-refractivity contribution in [2.75, 3.05) is 39.2 Å². The van der Waals surface area contributed by atoms with Gasteiger partial charge in [-0.3, -0.25) is 4.79 Å². The molecule has 1 atom stereocenters. The Morgan fingerprint density at radius 1 is 1.03 bits per heavy atom. The molecule has 0 aliphatic carbocycles. The van der Waals surface area contributed by atoms with Crippen molar-refractivity contribution in [2.45, 2.75) is 6.10 Å². The number of nitrogens with one attached hydrogen (secondary N) is 1. The van der Waals surface area contributed by atoms with Gasteiger partial charge in [-0.2, -0.15) is 0 Å². The Morgan fingerprint density at radius 3 is 2.48 bits per heavy atom. The van der Waals surface area contributed by atoms with E-state index in [4.69, 9.17) is 14.2 Å². The van der Waals surface area contributed by atoms with E-state index in [0.29, 0.717) is 48.4 Å². The summed E-state index contributed by atoms with van der Waals surface area (Å²) in [5.41, 5.74) is 1.15. The Balaban J connectivity index is 1.53. The minimum atomic E-state index is -0.344. The zero-order valence-corrected chi connectivity index (χ0v) is 17.4. The Morgan fingerprint density at radius 2 is 1.77 bits per heavy atom. The summed E-state index contributed by atoms with van der Waals surface area (Å²) >= 11 is 0. The predicted octanol–water partition coefficient (Wildman–Crippen LogP) is 3.45. The van der Waals surface area contributed by atoms with Crippen molar-refractivity contribution in [3.8, 4) is 11.5 Å². The van der Waals surface area contributed by atoms with Crippen molar-refractivity contribution in [3.63, 3.8) is 0 Å². The smallest absolute Gasteiger partial charge is 0.261 e. The Labute approximate surface area is 180 Å². The summed E-state index contributed by atoms with van der Waals surface area (Å²) in [5.74, 6) is 2.16. The molecule has 1 fully saturated rings. The van der Waals surface area contributed by atoms with E-state index in [1.165, 1.54) is 14.2 Å². The first-order valence-corrected chi connectivity index (χ1v) is 9.96.